The Balaban J connectivity index is 2.48. The van der Waals surface area contributed by atoms with Crippen LogP contribution in [0, 0.1) is 0 Å². The second-order valence-electron chi connectivity index (χ2n) is 3.61. The normalized spacial score (nSPS) is 12.4. The first-order chi connectivity index (χ1) is 8.76. The van der Waals surface area contributed by atoms with Gasteiger partial charge in [-0.05, 0) is 12.8 Å². The zero-order chi connectivity index (χ0) is 14.5. The Morgan fingerprint density at radius 2 is 2.05 bits per heavy atom. The van der Waals surface area contributed by atoms with E-state index in [2.05, 4.69) is 14.4 Å². The number of rotatable bonds is 6. The number of hydrogen-bond donors (Lipinski definition) is 4. The highest BCUT2D eigenvalue weighted by Gasteiger charge is 2.04. The number of amidine groups is 1. The van der Waals surface area contributed by atoms with E-state index < -0.39 is 10.2 Å². The lowest BCUT2D eigenvalue weighted by Gasteiger charge is -1.98. The molecule has 0 aromatic carbocycles. The molecule has 0 amide bonds. The third-order valence-electron chi connectivity index (χ3n) is 1.87. The Hall–Kier alpha value is -1.72. The van der Waals surface area contributed by atoms with E-state index in [1.54, 1.807) is 0 Å². The lowest BCUT2D eigenvalue weighted by molar-refractivity contribution is 0.599. The van der Waals surface area contributed by atoms with E-state index in [0.29, 0.717) is 24.4 Å². The summed E-state index contributed by atoms with van der Waals surface area (Å²) in [4.78, 5) is 7.98. The fourth-order valence-electron chi connectivity index (χ4n) is 1.23. The molecule has 0 aliphatic rings. The summed E-state index contributed by atoms with van der Waals surface area (Å²) in [7, 11) is -3.92. The molecule has 1 aromatic rings. The number of aromatic nitrogens is 1. The van der Waals surface area contributed by atoms with E-state index in [1.165, 1.54) is 11.3 Å². The Bertz CT molecular complexity index is 586. The number of hydrogen-bond acceptors (Lipinski definition) is 5. The first-order valence-corrected chi connectivity index (χ1v) is 7.55. The molecule has 0 fully saturated rings. The van der Waals surface area contributed by atoms with Crippen LogP contribution >= 0.6 is 11.3 Å². The summed E-state index contributed by atoms with van der Waals surface area (Å²) in [5.41, 5.74) is 16.7. The minimum absolute atomic E-state index is 0.0258. The fraction of sp³-hybridized carbons (Fsp3) is 0.375. The molecule has 0 spiro atoms. The molecule has 0 bridgehead atoms. The van der Waals surface area contributed by atoms with Crippen molar-refractivity contribution in [3.8, 4) is 0 Å². The molecule has 106 valence electrons. The van der Waals surface area contributed by atoms with Gasteiger partial charge in [-0.1, -0.05) is 0 Å². The van der Waals surface area contributed by atoms with Crippen molar-refractivity contribution >= 4 is 38.5 Å². The van der Waals surface area contributed by atoms with Crippen molar-refractivity contribution in [3.05, 3.63) is 11.1 Å². The number of aryl methyl sites for hydroxylation is 1. The monoisotopic (exact) mass is 305 g/mol. The van der Waals surface area contributed by atoms with Gasteiger partial charge in [-0.15, -0.1) is 15.7 Å². The molecular formula is C8H15N7O2S2. The predicted molar refractivity (Wildman–Crippen MR) is 75.3 cm³/mol. The molecule has 0 atom stereocenters. The first kappa shape index (κ1) is 15.3. The van der Waals surface area contributed by atoms with Gasteiger partial charge in [0, 0.05) is 11.8 Å². The van der Waals surface area contributed by atoms with E-state index in [9.17, 15) is 8.42 Å². The number of thiazole rings is 1. The van der Waals surface area contributed by atoms with E-state index >= 15 is 0 Å². The summed E-state index contributed by atoms with van der Waals surface area (Å²) in [6.07, 6.45) is 1.51. The minimum Gasteiger partial charge on any atom is -0.386 e. The molecule has 19 heavy (non-hydrogen) atoms. The van der Waals surface area contributed by atoms with E-state index in [0.717, 1.165) is 5.69 Å². The minimum atomic E-state index is -3.92. The van der Waals surface area contributed by atoms with E-state index in [4.69, 9.17) is 22.3 Å². The van der Waals surface area contributed by atoms with Gasteiger partial charge < -0.3 is 17.2 Å². The summed E-state index contributed by atoms with van der Waals surface area (Å²) in [6.45, 7) is 0. The van der Waals surface area contributed by atoms with Gasteiger partial charge in [0.2, 0.25) is 5.13 Å². The molecular weight excluding hydrogens is 290 g/mol. The third-order valence-corrected chi connectivity index (χ3v) is 3.15. The summed E-state index contributed by atoms with van der Waals surface area (Å²) < 4.78 is 24.4. The molecule has 0 saturated carbocycles. The van der Waals surface area contributed by atoms with Crippen molar-refractivity contribution < 1.29 is 8.42 Å². The molecule has 1 heterocycles. The first-order valence-electron chi connectivity index (χ1n) is 5.17. The van der Waals surface area contributed by atoms with Gasteiger partial charge in [-0.3, -0.25) is 0 Å². The molecule has 0 unspecified atom stereocenters. The molecule has 0 saturated heterocycles. The van der Waals surface area contributed by atoms with Crippen LogP contribution in [0.4, 0.5) is 5.13 Å². The average Bonchev–Trinajstić information content (AvgIpc) is 2.61. The molecule has 8 N–H and O–H groups in total. The summed E-state index contributed by atoms with van der Waals surface area (Å²) in [5.74, 6) is -0.0763. The molecule has 11 heteroatoms. The van der Waals surface area contributed by atoms with Crippen molar-refractivity contribution in [3.63, 3.8) is 0 Å². The average molecular weight is 305 g/mol. The van der Waals surface area contributed by atoms with Crippen LogP contribution in [-0.4, -0.2) is 25.2 Å². The van der Waals surface area contributed by atoms with Gasteiger partial charge >= 0.3 is 10.2 Å². The van der Waals surface area contributed by atoms with Crippen molar-refractivity contribution in [2.75, 3.05) is 0 Å². The Morgan fingerprint density at radius 3 is 2.63 bits per heavy atom. The summed E-state index contributed by atoms with van der Waals surface area (Å²) in [5, 5.41) is 7.01. The topological polar surface area (TPSA) is 176 Å². The summed E-state index contributed by atoms with van der Waals surface area (Å²) in [6, 6.07) is 0. The van der Waals surface area contributed by atoms with Gasteiger partial charge in [0.1, 0.15) is 5.84 Å². The highest BCUT2D eigenvalue weighted by atomic mass is 32.2. The zero-order valence-corrected chi connectivity index (χ0v) is 11.6. The van der Waals surface area contributed by atoms with Gasteiger partial charge in [0.05, 0.1) is 5.69 Å². The smallest absolute Gasteiger partial charge is 0.318 e. The second kappa shape index (κ2) is 6.45. The maximum Gasteiger partial charge on any atom is 0.318 e. The van der Waals surface area contributed by atoms with Crippen molar-refractivity contribution in [2.24, 2.45) is 31.7 Å². The second-order valence-corrected chi connectivity index (χ2v) is 5.66. The molecule has 1 rings (SSSR count). The van der Waals surface area contributed by atoms with Gasteiger partial charge in [-0.25, -0.2) is 10.1 Å². The highest BCUT2D eigenvalue weighted by molar-refractivity contribution is 7.88. The van der Waals surface area contributed by atoms with Crippen LogP contribution in [0.5, 0.6) is 0 Å². The number of nitrogens with two attached hydrogens (primary N) is 4. The SMILES string of the molecule is NC(N)=Nc1nc(CCC/C(N)=N\S(N)(=O)=O)cs1. The van der Waals surface area contributed by atoms with Crippen LogP contribution < -0.4 is 22.3 Å². The van der Waals surface area contributed by atoms with Crippen LogP contribution in [0.25, 0.3) is 0 Å². The van der Waals surface area contributed by atoms with Crippen LogP contribution in [0.2, 0.25) is 0 Å². The predicted octanol–water partition coefficient (Wildman–Crippen LogP) is -1.07. The number of nitrogens with zero attached hydrogens (tertiary/aromatic N) is 3. The van der Waals surface area contributed by atoms with Crippen LogP contribution in [0.15, 0.2) is 14.8 Å². The fourth-order valence-corrected chi connectivity index (χ4v) is 2.39. The van der Waals surface area contributed by atoms with Crippen LogP contribution in [0.3, 0.4) is 0 Å². The third kappa shape index (κ3) is 6.69. The molecule has 0 aliphatic heterocycles. The van der Waals surface area contributed by atoms with Crippen molar-refractivity contribution in [1.82, 2.24) is 4.98 Å². The highest BCUT2D eigenvalue weighted by Crippen LogP contribution is 2.19. The van der Waals surface area contributed by atoms with Gasteiger partial charge in [-0.2, -0.15) is 13.4 Å². The molecule has 0 aliphatic carbocycles. The Kier molecular flexibility index (Phi) is 5.20. The van der Waals surface area contributed by atoms with Crippen molar-refractivity contribution in [2.45, 2.75) is 19.3 Å². The number of guanidine groups is 1. The maximum absolute atomic E-state index is 10.6. The number of aliphatic imine (C=N–C) groups is 1. The maximum atomic E-state index is 10.6. The zero-order valence-electron chi connectivity index (χ0n) is 9.98. The van der Waals surface area contributed by atoms with Gasteiger partial charge in [0.15, 0.2) is 5.96 Å². The lowest BCUT2D eigenvalue weighted by Crippen LogP contribution is -2.21. The quantitative estimate of drug-likeness (QED) is 0.384. The van der Waals surface area contributed by atoms with Crippen LogP contribution in [0.1, 0.15) is 18.5 Å². The Morgan fingerprint density at radius 1 is 1.37 bits per heavy atom. The molecule has 9 nitrogen and oxygen atoms in total. The van der Waals surface area contributed by atoms with E-state index in [1.807, 2.05) is 5.38 Å². The van der Waals surface area contributed by atoms with Gasteiger partial charge in [0.25, 0.3) is 0 Å². The largest absolute Gasteiger partial charge is 0.386 e. The summed E-state index contributed by atoms with van der Waals surface area (Å²) >= 11 is 1.31. The van der Waals surface area contributed by atoms with Crippen LogP contribution in [-0.2, 0) is 16.6 Å². The lowest BCUT2D eigenvalue weighted by atomic mass is 10.2. The van der Waals surface area contributed by atoms with Crippen molar-refractivity contribution in [1.29, 1.82) is 0 Å². The van der Waals surface area contributed by atoms with E-state index in [-0.39, 0.29) is 11.8 Å². The Labute approximate surface area is 114 Å². The molecule has 0 radical (unpaired) electrons. The molecule has 1 aromatic heterocycles. The standard InChI is InChI=1S/C8H15N7O2S2/c9-6(15-19(12,16)17)3-1-2-5-4-18-8(13-5)14-7(10)11/h4H,1-3H2,(H2,9,15)(H2,12,16,17)(H4,10,11,13,14).